The van der Waals surface area contributed by atoms with Gasteiger partial charge in [0.1, 0.15) is 12.7 Å². The van der Waals surface area contributed by atoms with Crippen molar-refractivity contribution in [3.05, 3.63) is 94.5 Å². The number of alkyl carbamates (subject to hydrolysis) is 1. The molecule has 3 aromatic carbocycles. The van der Waals surface area contributed by atoms with E-state index in [1.54, 1.807) is 0 Å². The van der Waals surface area contributed by atoms with Crippen molar-refractivity contribution in [3.63, 3.8) is 0 Å². The molecule has 0 radical (unpaired) electrons. The van der Waals surface area contributed by atoms with Crippen molar-refractivity contribution in [2.45, 2.75) is 38.4 Å². The van der Waals surface area contributed by atoms with Crippen molar-refractivity contribution in [3.8, 4) is 11.1 Å². The van der Waals surface area contributed by atoms with E-state index in [0.717, 1.165) is 22.3 Å². The van der Waals surface area contributed by atoms with Crippen LogP contribution in [0.2, 0.25) is 0 Å². The molecule has 3 N–H and O–H groups in total. The normalized spacial score (nSPS) is 14.4. The van der Waals surface area contributed by atoms with E-state index in [2.05, 4.69) is 29.6 Å². The lowest BCUT2D eigenvalue weighted by molar-refractivity contribution is 0.0136. The molecule has 0 aliphatic heterocycles. The van der Waals surface area contributed by atoms with Gasteiger partial charge in [0.25, 0.3) is 0 Å². The van der Waals surface area contributed by atoms with Crippen molar-refractivity contribution < 1.29 is 19.7 Å². The summed E-state index contributed by atoms with van der Waals surface area (Å²) < 4.78 is 5.50. The highest BCUT2D eigenvalue weighted by atomic mass is 16.5. The fraction of sp³-hybridized carbons (Fsp3) is 0.296. The van der Waals surface area contributed by atoms with Crippen LogP contribution in [0.3, 0.4) is 0 Å². The van der Waals surface area contributed by atoms with Gasteiger partial charge in [-0.2, -0.15) is 0 Å². The molecule has 166 valence electrons. The number of amides is 1. The maximum atomic E-state index is 12.2. The minimum atomic E-state index is -1.00. The maximum absolute atomic E-state index is 12.2. The maximum Gasteiger partial charge on any atom is 0.407 e. The molecule has 1 amide bonds. The molecule has 0 saturated heterocycles. The highest BCUT2D eigenvalue weighted by molar-refractivity contribution is 5.79. The SMILES string of the molecule is Cc1ccc(C(O)C(O)CCNC(=O)OCC2c3ccccc3-c3ccccc32)cc1C. The van der Waals surface area contributed by atoms with Gasteiger partial charge in [-0.15, -0.1) is 0 Å². The predicted molar refractivity (Wildman–Crippen MR) is 125 cm³/mol. The molecule has 0 spiro atoms. The molecule has 32 heavy (non-hydrogen) atoms. The smallest absolute Gasteiger partial charge is 0.407 e. The van der Waals surface area contributed by atoms with Gasteiger partial charge in [-0.3, -0.25) is 0 Å². The predicted octanol–water partition coefficient (Wildman–Crippen LogP) is 4.63. The Hall–Kier alpha value is -3.15. The summed E-state index contributed by atoms with van der Waals surface area (Å²) in [5.41, 5.74) is 7.54. The Morgan fingerprint density at radius 1 is 0.938 bits per heavy atom. The summed E-state index contributed by atoms with van der Waals surface area (Å²) in [4.78, 5) is 12.2. The molecule has 4 rings (SSSR count). The van der Waals surface area contributed by atoms with Gasteiger partial charge in [0.15, 0.2) is 0 Å². The molecule has 3 aromatic rings. The minimum Gasteiger partial charge on any atom is -0.449 e. The van der Waals surface area contributed by atoms with Gasteiger partial charge in [0, 0.05) is 12.5 Å². The van der Waals surface area contributed by atoms with Gasteiger partial charge in [0.05, 0.1) is 6.10 Å². The summed E-state index contributed by atoms with van der Waals surface area (Å²) in [7, 11) is 0. The fourth-order valence-electron chi connectivity index (χ4n) is 4.30. The molecule has 2 atom stereocenters. The number of aliphatic hydroxyl groups is 2. The van der Waals surface area contributed by atoms with Gasteiger partial charge in [-0.05, 0) is 59.2 Å². The van der Waals surface area contributed by atoms with Gasteiger partial charge in [0.2, 0.25) is 0 Å². The van der Waals surface area contributed by atoms with Crippen LogP contribution < -0.4 is 5.32 Å². The number of benzene rings is 3. The molecular formula is C27H29NO4. The number of fused-ring (bicyclic) bond motifs is 3. The van der Waals surface area contributed by atoms with E-state index in [9.17, 15) is 15.0 Å². The number of nitrogens with one attached hydrogen (secondary N) is 1. The van der Waals surface area contributed by atoms with E-state index in [4.69, 9.17) is 4.74 Å². The summed E-state index contributed by atoms with van der Waals surface area (Å²) >= 11 is 0. The summed E-state index contributed by atoms with van der Waals surface area (Å²) in [6.45, 7) is 4.42. The van der Waals surface area contributed by atoms with E-state index >= 15 is 0 Å². The van der Waals surface area contributed by atoms with Crippen LogP contribution >= 0.6 is 0 Å². The largest absolute Gasteiger partial charge is 0.449 e. The molecule has 0 heterocycles. The Balaban J connectivity index is 1.28. The van der Waals surface area contributed by atoms with E-state index in [0.29, 0.717) is 5.56 Å². The lowest BCUT2D eigenvalue weighted by Crippen LogP contribution is -2.30. The van der Waals surface area contributed by atoms with Crippen LogP contribution in [0, 0.1) is 13.8 Å². The summed E-state index contributed by atoms with van der Waals surface area (Å²) in [6.07, 6.45) is -2.29. The second-order valence-corrected chi connectivity index (χ2v) is 8.40. The zero-order valence-electron chi connectivity index (χ0n) is 18.4. The Kier molecular flexibility index (Phi) is 6.58. The first-order valence-electron chi connectivity index (χ1n) is 11.0. The van der Waals surface area contributed by atoms with Crippen LogP contribution in [-0.2, 0) is 4.74 Å². The van der Waals surface area contributed by atoms with Crippen molar-refractivity contribution in [1.82, 2.24) is 5.32 Å². The zero-order valence-corrected chi connectivity index (χ0v) is 18.4. The van der Waals surface area contributed by atoms with Crippen LogP contribution in [-0.4, -0.2) is 35.6 Å². The monoisotopic (exact) mass is 431 g/mol. The highest BCUT2D eigenvalue weighted by Gasteiger charge is 2.29. The van der Waals surface area contributed by atoms with Crippen molar-refractivity contribution in [2.75, 3.05) is 13.2 Å². The topological polar surface area (TPSA) is 78.8 Å². The summed E-state index contributed by atoms with van der Waals surface area (Å²) in [5, 5.41) is 23.4. The average molecular weight is 432 g/mol. The number of aryl methyl sites for hydroxylation is 2. The van der Waals surface area contributed by atoms with Crippen molar-refractivity contribution >= 4 is 6.09 Å². The van der Waals surface area contributed by atoms with Crippen LogP contribution in [0.15, 0.2) is 66.7 Å². The lowest BCUT2D eigenvalue weighted by Gasteiger charge is -2.19. The molecule has 0 fully saturated rings. The first-order valence-corrected chi connectivity index (χ1v) is 11.0. The molecule has 0 bridgehead atoms. The summed E-state index contributed by atoms with van der Waals surface area (Å²) in [5.74, 6) is 0.00494. The molecule has 1 aliphatic carbocycles. The van der Waals surface area contributed by atoms with E-state index in [-0.39, 0.29) is 25.5 Å². The van der Waals surface area contributed by atoms with Crippen molar-refractivity contribution in [2.24, 2.45) is 0 Å². The first-order chi connectivity index (χ1) is 15.5. The van der Waals surface area contributed by atoms with E-state index in [1.807, 2.05) is 56.3 Å². The van der Waals surface area contributed by atoms with Gasteiger partial charge < -0.3 is 20.3 Å². The number of hydrogen-bond acceptors (Lipinski definition) is 4. The third-order valence-electron chi connectivity index (χ3n) is 6.29. The highest BCUT2D eigenvalue weighted by Crippen LogP contribution is 2.44. The Morgan fingerprint density at radius 3 is 2.19 bits per heavy atom. The second kappa shape index (κ2) is 9.55. The molecule has 2 unspecified atom stereocenters. The number of hydrogen-bond donors (Lipinski definition) is 3. The van der Waals surface area contributed by atoms with E-state index < -0.39 is 18.3 Å². The molecule has 5 heteroatoms. The van der Waals surface area contributed by atoms with Crippen molar-refractivity contribution in [1.29, 1.82) is 0 Å². The third-order valence-corrected chi connectivity index (χ3v) is 6.29. The van der Waals surface area contributed by atoms with Crippen LogP contribution in [0.4, 0.5) is 4.79 Å². The Morgan fingerprint density at radius 2 is 1.56 bits per heavy atom. The molecule has 5 nitrogen and oxygen atoms in total. The van der Waals surface area contributed by atoms with E-state index in [1.165, 1.54) is 11.1 Å². The Bertz CT molecular complexity index is 1060. The molecular weight excluding hydrogens is 402 g/mol. The number of rotatable bonds is 7. The van der Waals surface area contributed by atoms with Crippen LogP contribution in [0.1, 0.15) is 46.3 Å². The molecule has 1 aliphatic rings. The average Bonchev–Trinajstić information content (AvgIpc) is 3.12. The van der Waals surface area contributed by atoms with Crippen LogP contribution in [0.5, 0.6) is 0 Å². The summed E-state index contributed by atoms with van der Waals surface area (Å²) in [6, 6.07) is 22.0. The van der Waals surface area contributed by atoms with Crippen LogP contribution in [0.25, 0.3) is 11.1 Å². The molecule has 0 saturated carbocycles. The fourth-order valence-corrected chi connectivity index (χ4v) is 4.30. The molecule has 0 aromatic heterocycles. The van der Waals surface area contributed by atoms with Gasteiger partial charge >= 0.3 is 6.09 Å². The number of carbonyl (C=O) groups excluding carboxylic acids is 1. The quantitative estimate of drug-likeness (QED) is 0.510. The lowest BCUT2D eigenvalue weighted by atomic mass is 9.98. The Labute approximate surface area is 188 Å². The standard InChI is InChI=1S/C27H29NO4/c1-17-11-12-19(15-18(17)2)26(30)25(29)13-14-28-27(31)32-16-24-22-9-5-3-7-20(22)21-8-4-6-10-23(21)24/h3-12,15,24-26,29-30H,13-14,16H2,1-2H3,(H,28,31). The zero-order chi connectivity index (χ0) is 22.7. The third kappa shape index (κ3) is 4.54. The first kappa shape index (κ1) is 22.1. The number of ether oxygens (including phenoxy) is 1. The minimum absolute atomic E-state index is 0.00494. The van der Waals surface area contributed by atoms with Gasteiger partial charge in [-0.1, -0.05) is 66.7 Å². The van der Waals surface area contributed by atoms with Gasteiger partial charge in [-0.25, -0.2) is 4.79 Å². The second-order valence-electron chi connectivity index (χ2n) is 8.40. The number of aliphatic hydroxyl groups excluding tert-OH is 2. The number of carbonyl (C=O) groups is 1.